The molecule has 0 spiro atoms. The Morgan fingerprint density at radius 1 is 1.29 bits per heavy atom. The number of pyridine rings is 1. The molecule has 0 radical (unpaired) electrons. The lowest BCUT2D eigenvalue weighted by Crippen LogP contribution is -2.14. The van der Waals surface area contributed by atoms with Crippen LogP contribution in [0.25, 0.3) is 16.9 Å². The Hall–Kier alpha value is -2.53. The Kier molecular flexibility index (Phi) is 4.71. The molecule has 0 bridgehead atoms. The number of aromatic nitrogens is 2. The number of alkyl halides is 1. The fourth-order valence-electron chi connectivity index (χ4n) is 2.58. The zero-order chi connectivity index (χ0) is 17.1. The van der Waals surface area contributed by atoms with Gasteiger partial charge in [0, 0.05) is 24.1 Å². The third-order valence-electron chi connectivity index (χ3n) is 3.71. The highest BCUT2D eigenvalue weighted by atomic mass is 35.5. The molecule has 1 N–H and O–H groups in total. The van der Waals surface area contributed by atoms with E-state index >= 15 is 0 Å². The number of para-hydroxylation sites is 1. The number of imidazole rings is 1. The molecule has 2 aromatic heterocycles. The average Bonchev–Trinajstić information content (AvgIpc) is 2.92. The van der Waals surface area contributed by atoms with Crippen molar-refractivity contribution in [2.75, 3.05) is 18.3 Å². The van der Waals surface area contributed by atoms with Crippen molar-refractivity contribution in [2.45, 2.75) is 13.3 Å². The van der Waals surface area contributed by atoms with Crippen molar-refractivity contribution < 1.29 is 9.53 Å². The van der Waals surface area contributed by atoms with Crippen molar-refractivity contribution in [2.24, 2.45) is 0 Å². The number of rotatable bonds is 5. The van der Waals surface area contributed by atoms with E-state index in [9.17, 15) is 4.79 Å². The lowest BCUT2D eigenvalue weighted by Gasteiger charge is -2.10. The van der Waals surface area contributed by atoms with Crippen LogP contribution in [0, 0.1) is 6.92 Å². The number of fused-ring (bicyclic) bond motifs is 1. The maximum atomic E-state index is 12.1. The van der Waals surface area contributed by atoms with Gasteiger partial charge in [0.25, 0.3) is 0 Å². The minimum atomic E-state index is -0.149. The van der Waals surface area contributed by atoms with Crippen LogP contribution in [0.1, 0.15) is 12.0 Å². The number of ether oxygens (including phenoxy) is 1. The summed E-state index contributed by atoms with van der Waals surface area (Å²) < 4.78 is 7.32. The molecule has 24 heavy (non-hydrogen) atoms. The minimum absolute atomic E-state index is 0.149. The van der Waals surface area contributed by atoms with E-state index in [4.69, 9.17) is 16.3 Å². The van der Waals surface area contributed by atoms with E-state index in [1.54, 1.807) is 7.11 Å². The van der Waals surface area contributed by atoms with E-state index in [-0.39, 0.29) is 18.2 Å². The van der Waals surface area contributed by atoms with Crippen LogP contribution in [0.3, 0.4) is 0 Å². The predicted octanol–water partition coefficient (Wildman–Crippen LogP) is 3.89. The topological polar surface area (TPSA) is 55.6 Å². The van der Waals surface area contributed by atoms with Crippen molar-refractivity contribution in [1.82, 2.24) is 9.38 Å². The van der Waals surface area contributed by atoms with Gasteiger partial charge in [-0.1, -0.05) is 18.2 Å². The van der Waals surface area contributed by atoms with Crippen LogP contribution >= 0.6 is 11.6 Å². The van der Waals surface area contributed by atoms with Crippen molar-refractivity contribution in [3.05, 3.63) is 48.2 Å². The molecule has 0 unspecified atom stereocenters. The molecule has 0 fully saturated rings. The molecular formula is C18H18ClN3O2. The van der Waals surface area contributed by atoms with Crippen LogP contribution in [0.5, 0.6) is 5.75 Å². The SMILES string of the molecule is COc1ccccc1-c1nc2ccc(C)cn2c1NC(=O)CCCl. The highest BCUT2D eigenvalue weighted by molar-refractivity contribution is 6.19. The maximum absolute atomic E-state index is 12.1. The molecule has 0 aliphatic heterocycles. The van der Waals surface area contributed by atoms with Gasteiger partial charge in [-0.05, 0) is 30.7 Å². The Balaban J connectivity index is 2.21. The standard InChI is InChI=1S/C18H18ClN3O2/c1-12-7-8-15-20-17(13-5-3-4-6-14(13)24-2)18(22(15)11-12)21-16(23)9-10-19/h3-8,11H,9-10H2,1-2H3,(H,21,23). The normalized spacial score (nSPS) is 10.8. The van der Waals surface area contributed by atoms with Gasteiger partial charge in [0.1, 0.15) is 22.9 Å². The summed E-state index contributed by atoms with van der Waals surface area (Å²) in [5, 5.41) is 2.93. The summed E-state index contributed by atoms with van der Waals surface area (Å²) in [7, 11) is 1.62. The molecule has 0 aliphatic rings. The van der Waals surface area contributed by atoms with E-state index in [0.29, 0.717) is 17.3 Å². The molecule has 0 saturated heterocycles. The highest BCUT2D eigenvalue weighted by Crippen LogP contribution is 2.35. The molecule has 124 valence electrons. The fraction of sp³-hybridized carbons (Fsp3) is 0.222. The molecule has 0 aliphatic carbocycles. The van der Waals surface area contributed by atoms with Gasteiger partial charge in [0.2, 0.25) is 5.91 Å². The van der Waals surface area contributed by atoms with Crippen molar-refractivity contribution in [3.63, 3.8) is 0 Å². The van der Waals surface area contributed by atoms with Crippen molar-refractivity contribution >= 4 is 29.0 Å². The van der Waals surface area contributed by atoms with Crippen LogP contribution in [0.15, 0.2) is 42.6 Å². The third kappa shape index (κ3) is 3.08. The van der Waals surface area contributed by atoms with Gasteiger partial charge >= 0.3 is 0 Å². The molecule has 1 amide bonds. The van der Waals surface area contributed by atoms with Gasteiger partial charge < -0.3 is 10.1 Å². The first-order chi connectivity index (χ1) is 11.6. The Bertz CT molecular complexity index is 889. The molecule has 3 rings (SSSR count). The summed E-state index contributed by atoms with van der Waals surface area (Å²) in [6.45, 7) is 1.99. The van der Waals surface area contributed by atoms with E-state index < -0.39 is 0 Å². The van der Waals surface area contributed by atoms with Gasteiger partial charge in [-0.2, -0.15) is 0 Å². The van der Waals surface area contributed by atoms with E-state index in [0.717, 1.165) is 16.8 Å². The zero-order valence-corrected chi connectivity index (χ0v) is 14.3. The molecule has 1 aromatic carbocycles. The summed E-state index contributed by atoms with van der Waals surface area (Å²) >= 11 is 5.68. The summed E-state index contributed by atoms with van der Waals surface area (Å²) in [4.78, 5) is 16.8. The van der Waals surface area contributed by atoms with Crippen LogP contribution in [-0.2, 0) is 4.79 Å². The maximum Gasteiger partial charge on any atom is 0.226 e. The Labute approximate surface area is 145 Å². The van der Waals surface area contributed by atoms with E-state index in [2.05, 4.69) is 10.3 Å². The molecule has 0 atom stereocenters. The number of hydrogen-bond donors (Lipinski definition) is 1. The number of benzene rings is 1. The van der Waals surface area contributed by atoms with E-state index in [1.807, 2.05) is 53.9 Å². The number of anilines is 1. The summed E-state index contributed by atoms with van der Waals surface area (Å²) in [5.74, 6) is 1.44. The second-order valence-electron chi connectivity index (χ2n) is 5.43. The first-order valence-electron chi connectivity index (χ1n) is 7.62. The van der Waals surface area contributed by atoms with Gasteiger partial charge in [-0.3, -0.25) is 9.20 Å². The molecule has 2 heterocycles. The van der Waals surface area contributed by atoms with Crippen LogP contribution < -0.4 is 10.1 Å². The quantitative estimate of drug-likeness (QED) is 0.715. The number of nitrogens with zero attached hydrogens (tertiary/aromatic N) is 2. The van der Waals surface area contributed by atoms with Gasteiger partial charge in [0.15, 0.2) is 0 Å². The Morgan fingerprint density at radius 2 is 2.08 bits per heavy atom. The lowest BCUT2D eigenvalue weighted by atomic mass is 10.1. The predicted molar refractivity (Wildman–Crippen MR) is 95.9 cm³/mol. The van der Waals surface area contributed by atoms with Crippen LogP contribution in [-0.4, -0.2) is 28.3 Å². The summed E-state index contributed by atoms with van der Waals surface area (Å²) in [5.41, 5.74) is 3.31. The first-order valence-corrected chi connectivity index (χ1v) is 8.15. The second-order valence-corrected chi connectivity index (χ2v) is 5.81. The number of aryl methyl sites for hydroxylation is 1. The monoisotopic (exact) mass is 343 g/mol. The third-order valence-corrected chi connectivity index (χ3v) is 3.90. The average molecular weight is 344 g/mol. The summed E-state index contributed by atoms with van der Waals surface area (Å²) in [6.07, 6.45) is 2.18. The summed E-state index contributed by atoms with van der Waals surface area (Å²) in [6, 6.07) is 11.5. The Morgan fingerprint density at radius 3 is 2.83 bits per heavy atom. The van der Waals surface area contributed by atoms with Crippen molar-refractivity contribution in [3.8, 4) is 17.0 Å². The zero-order valence-electron chi connectivity index (χ0n) is 13.5. The number of carbonyl (C=O) groups excluding carboxylic acids is 1. The number of nitrogens with one attached hydrogen (secondary N) is 1. The lowest BCUT2D eigenvalue weighted by molar-refractivity contribution is -0.115. The smallest absolute Gasteiger partial charge is 0.226 e. The number of carbonyl (C=O) groups is 1. The fourth-order valence-corrected chi connectivity index (χ4v) is 2.75. The number of hydrogen-bond acceptors (Lipinski definition) is 3. The molecular weight excluding hydrogens is 326 g/mol. The minimum Gasteiger partial charge on any atom is -0.496 e. The van der Waals surface area contributed by atoms with Gasteiger partial charge in [0.05, 0.1) is 7.11 Å². The molecule has 5 nitrogen and oxygen atoms in total. The van der Waals surface area contributed by atoms with Gasteiger partial charge in [-0.15, -0.1) is 11.6 Å². The molecule has 3 aromatic rings. The molecule has 6 heteroatoms. The molecule has 0 saturated carbocycles. The van der Waals surface area contributed by atoms with Crippen LogP contribution in [0.2, 0.25) is 0 Å². The number of amides is 1. The van der Waals surface area contributed by atoms with Gasteiger partial charge in [-0.25, -0.2) is 4.98 Å². The largest absolute Gasteiger partial charge is 0.496 e. The number of methoxy groups -OCH3 is 1. The van der Waals surface area contributed by atoms with E-state index in [1.165, 1.54) is 0 Å². The van der Waals surface area contributed by atoms with Crippen molar-refractivity contribution in [1.29, 1.82) is 0 Å². The highest BCUT2D eigenvalue weighted by Gasteiger charge is 2.19. The first kappa shape index (κ1) is 16.3. The number of halogens is 1. The van der Waals surface area contributed by atoms with Crippen LogP contribution in [0.4, 0.5) is 5.82 Å². The second kappa shape index (κ2) is 6.93.